The smallest absolute Gasteiger partial charge is 0.335 e. The molecule has 2 bridgehead atoms. The Kier molecular flexibility index (Phi) is 8.33. The van der Waals surface area contributed by atoms with Gasteiger partial charge < -0.3 is 19.6 Å². The molecule has 38 heavy (non-hydrogen) atoms. The normalized spacial score (nSPS) is 31.1. The number of esters is 1. The average Bonchev–Trinajstić information content (AvgIpc) is 3.36. The molecular formula is C28H41N4O5S+. The monoisotopic (exact) mass is 545 g/mol. The Labute approximate surface area is 229 Å². The molecule has 4 aliphatic heterocycles. The molecule has 1 aromatic rings. The number of hydrogen-bond acceptors (Lipinski definition) is 8. The summed E-state index contributed by atoms with van der Waals surface area (Å²) in [5, 5.41) is 15.3. The second kappa shape index (κ2) is 11.5. The quantitative estimate of drug-likeness (QED) is 0.142. The van der Waals surface area contributed by atoms with Crippen molar-refractivity contribution in [3.8, 4) is 5.75 Å². The van der Waals surface area contributed by atoms with Crippen molar-refractivity contribution >= 4 is 23.4 Å². The first-order valence-electron chi connectivity index (χ1n) is 14.1. The number of quaternary nitrogens is 1. The summed E-state index contributed by atoms with van der Waals surface area (Å²) in [7, 11) is 1.70. The molecule has 0 amide bonds. The van der Waals surface area contributed by atoms with Gasteiger partial charge in [-0.25, -0.2) is 0 Å². The summed E-state index contributed by atoms with van der Waals surface area (Å²) in [6.45, 7) is 6.65. The van der Waals surface area contributed by atoms with Crippen LogP contribution in [0.4, 0.5) is 5.69 Å². The second-order valence-electron chi connectivity index (χ2n) is 11.0. The van der Waals surface area contributed by atoms with Crippen LogP contribution in [0.5, 0.6) is 5.75 Å². The molecule has 10 heteroatoms. The Hall–Kier alpha value is -2.14. The fraction of sp³-hybridized carbons (Fsp3) is 0.679. The first-order chi connectivity index (χ1) is 18.4. The molecule has 0 radical (unpaired) electrons. The summed E-state index contributed by atoms with van der Waals surface area (Å²) in [4.78, 5) is 30.7. The molecular weight excluding hydrogens is 504 g/mol. The van der Waals surface area contributed by atoms with Crippen LogP contribution in [0, 0.1) is 10.1 Å². The molecule has 1 spiro atoms. The van der Waals surface area contributed by atoms with Gasteiger partial charge in [-0.3, -0.25) is 14.3 Å². The number of nitrogens with zero attached hydrogens (tertiary/aromatic N) is 4. The molecule has 0 saturated carbocycles. The number of piperidine rings is 1. The van der Waals surface area contributed by atoms with E-state index in [1.165, 1.54) is 11.8 Å². The van der Waals surface area contributed by atoms with Crippen LogP contribution in [0.25, 0.3) is 0 Å². The summed E-state index contributed by atoms with van der Waals surface area (Å²) < 4.78 is 11.9. The maximum Gasteiger partial charge on any atom is 0.335 e. The summed E-state index contributed by atoms with van der Waals surface area (Å²) in [6.07, 6.45) is 5.75. The van der Waals surface area contributed by atoms with Crippen molar-refractivity contribution in [3.63, 3.8) is 0 Å². The van der Waals surface area contributed by atoms with Gasteiger partial charge in [0.2, 0.25) is 0 Å². The largest absolute Gasteiger partial charge is 0.627 e. The number of thioether (sulfide) groups is 1. The minimum atomic E-state index is -0.854. The molecule has 2 saturated heterocycles. The predicted molar refractivity (Wildman–Crippen MR) is 149 cm³/mol. The van der Waals surface area contributed by atoms with E-state index in [1.807, 2.05) is 24.3 Å². The number of methoxy groups -OCH3 is 1. The Bertz CT molecular complexity index is 1060. The highest BCUT2D eigenvalue weighted by molar-refractivity contribution is 8.03. The van der Waals surface area contributed by atoms with Gasteiger partial charge in [0.25, 0.3) is 5.03 Å². The number of rotatable bonds is 10. The van der Waals surface area contributed by atoms with Crippen molar-refractivity contribution in [1.29, 1.82) is 0 Å². The van der Waals surface area contributed by atoms with E-state index >= 15 is 0 Å². The lowest BCUT2D eigenvalue weighted by atomic mass is 9.82. The van der Waals surface area contributed by atoms with Gasteiger partial charge in [0, 0.05) is 50.5 Å². The second-order valence-corrected chi connectivity index (χ2v) is 12.0. The molecule has 9 nitrogen and oxygen atoms in total. The highest BCUT2D eigenvalue weighted by atomic mass is 32.2. The number of anilines is 1. The van der Waals surface area contributed by atoms with Gasteiger partial charge in [-0.1, -0.05) is 31.9 Å². The number of benzene rings is 1. The lowest BCUT2D eigenvalue weighted by molar-refractivity contribution is -1.03. The van der Waals surface area contributed by atoms with Crippen LogP contribution in [-0.4, -0.2) is 90.2 Å². The van der Waals surface area contributed by atoms with Crippen molar-refractivity contribution in [1.82, 2.24) is 4.90 Å². The SMILES string of the molecule is CCCCCC(=O)OC1CCC[N+]2([O-])C(CCN3CCN(c4ccccc4OC)CC3)[N+](=O)C3=CC12CS3. The highest BCUT2D eigenvalue weighted by Gasteiger charge is 2.69. The first kappa shape index (κ1) is 27.4. The third-order valence-electron chi connectivity index (χ3n) is 8.77. The topological polar surface area (TPSA) is 85.2 Å². The summed E-state index contributed by atoms with van der Waals surface area (Å²) >= 11 is 1.45. The van der Waals surface area contributed by atoms with E-state index in [2.05, 4.69) is 22.8 Å². The number of hydrogen-bond donors (Lipinski definition) is 0. The highest BCUT2D eigenvalue weighted by Crippen LogP contribution is 2.53. The summed E-state index contributed by atoms with van der Waals surface area (Å²) in [5.74, 6) is 1.17. The van der Waals surface area contributed by atoms with Gasteiger partial charge in [0.15, 0.2) is 11.6 Å². The van der Waals surface area contributed by atoms with Crippen molar-refractivity contribution in [3.05, 3.63) is 45.5 Å². The van der Waals surface area contributed by atoms with Crippen LogP contribution < -0.4 is 9.64 Å². The van der Waals surface area contributed by atoms with Crippen molar-refractivity contribution in [2.75, 3.05) is 57.0 Å². The Balaban J connectivity index is 1.24. The van der Waals surface area contributed by atoms with Crippen LogP contribution >= 0.6 is 11.8 Å². The van der Waals surface area contributed by atoms with E-state index in [9.17, 15) is 14.9 Å². The van der Waals surface area contributed by atoms with Gasteiger partial charge >= 0.3 is 12.1 Å². The fourth-order valence-corrected chi connectivity index (χ4v) is 8.00. The first-order valence-corrected chi connectivity index (χ1v) is 15.1. The van der Waals surface area contributed by atoms with E-state index in [0.717, 1.165) is 61.6 Å². The number of ether oxygens (including phenoxy) is 2. The number of nitroso groups, excluding NO2 is 1. The Morgan fingerprint density at radius 3 is 2.79 bits per heavy atom. The zero-order chi connectivity index (χ0) is 26.8. The van der Waals surface area contributed by atoms with E-state index < -0.39 is 22.5 Å². The predicted octanol–water partition coefficient (Wildman–Crippen LogP) is 4.25. The maximum atomic E-state index is 14.7. The molecule has 0 aromatic heterocycles. The van der Waals surface area contributed by atoms with Crippen molar-refractivity contribution in [2.24, 2.45) is 0 Å². The standard InChI is InChI=1S/C28H41N4O5S/c1-3-4-5-12-27(33)37-24-11-8-19-32(35)25(31(34)26-20-28(24,32)21-38-26)13-14-29-15-17-30(18-16-29)22-9-6-7-10-23(22)36-2/h6-7,9-10,20,24-25H,3-5,8,11-19,21H2,1-2H3/q+1. The van der Waals surface area contributed by atoms with Crippen LogP contribution in [0.1, 0.15) is 51.9 Å². The lowest BCUT2D eigenvalue weighted by Gasteiger charge is -2.59. The average molecular weight is 546 g/mol. The molecule has 2 fully saturated rings. The van der Waals surface area contributed by atoms with Crippen molar-refractivity contribution in [2.45, 2.75) is 69.7 Å². The molecule has 4 atom stereocenters. The number of carbonyl (C=O) groups excluding carboxylic acids is 1. The van der Waals surface area contributed by atoms with E-state index in [-0.39, 0.29) is 5.97 Å². The molecule has 0 aliphatic carbocycles. The van der Waals surface area contributed by atoms with Gasteiger partial charge in [0.1, 0.15) is 5.75 Å². The van der Waals surface area contributed by atoms with Crippen LogP contribution in [-0.2, 0) is 9.53 Å². The van der Waals surface area contributed by atoms with E-state index in [0.29, 0.717) is 49.6 Å². The molecule has 1 aromatic carbocycles. The zero-order valence-electron chi connectivity index (χ0n) is 22.7. The molecule has 5 rings (SSSR count). The molecule has 4 heterocycles. The van der Waals surface area contributed by atoms with E-state index in [4.69, 9.17) is 9.47 Å². The molecule has 4 unspecified atom stereocenters. The summed E-state index contributed by atoms with van der Waals surface area (Å²) in [5.41, 5.74) is 0.245. The molecule has 4 aliphatic rings. The Morgan fingerprint density at radius 2 is 2.03 bits per heavy atom. The third-order valence-corrected chi connectivity index (χ3v) is 9.97. The van der Waals surface area contributed by atoms with Gasteiger partial charge in [-0.15, -0.1) is 0 Å². The van der Waals surface area contributed by atoms with Gasteiger partial charge in [0.05, 0.1) is 42.4 Å². The van der Waals surface area contributed by atoms with E-state index in [1.54, 1.807) is 7.11 Å². The third kappa shape index (κ3) is 4.96. The zero-order valence-corrected chi connectivity index (χ0v) is 23.5. The number of para-hydroxylation sites is 2. The Morgan fingerprint density at radius 1 is 1.24 bits per heavy atom. The van der Waals surface area contributed by atoms with Gasteiger partial charge in [-0.05, 0) is 36.7 Å². The number of hydroxylamine groups is 3. The molecule has 208 valence electrons. The number of piperazine rings is 1. The number of unbranched alkanes of at least 4 members (excludes halogenated alkanes) is 2. The van der Waals surface area contributed by atoms with Crippen LogP contribution in [0.3, 0.4) is 0 Å². The maximum absolute atomic E-state index is 14.7. The van der Waals surface area contributed by atoms with Gasteiger partial charge in [-0.2, -0.15) is 0 Å². The number of carbonyl (C=O) groups is 1. The fourth-order valence-electron chi connectivity index (χ4n) is 6.60. The van der Waals surface area contributed by atoms with Crippen molar-refractivity contribution < 1.29 is 23.7 Å². The minimum absolute atomic E-state index is 0.216. The van der Waals surface area contributed by atoms with Crippen LogP contribution in [0.2, 0.25) is 0 Å². The lowest BCUT2D eigenvalue weighted by Crippen LogP contribution is -2.75. The van der Waals surface area contributed by atoms with Crippen LogP contribution in [0.15, 0.2) is 35.4 Å². The minimum Gasteiger partial charge on any atom is -0.627 e. The summed E-state index contributed by atoms with van der Waals surface area (Å²) in [6, 6.07) is 8.07. The molecule has 0 N–H and O–H groups in total.